The molecule has 0 heterocycles. The van der Waals surface area contributed by atoms with Crippen LogP contribution >= 0.6 is 27.7 Å². The molecule has 0 aliphatic carbocycles. The van der Waals surface area contributed by atoms with Gasteiger partial charge in [-0.05, 0) is 24.5 Å². The molecule has 1 rings (SSSR count). The molecule has 0 spiro atoms. The summed E-state index contributed by atoms with van der Waals surface area (Å²) in [6.45, 7) is 0. The molecule has 82 valence electrons. The van der Waals surface area contributed by atoms with Crippen molar-refractivity contribution >= 4 is 33.5 Å². The van der Waals surface area contributed by atoms with Gasteiger partial charge in [0.25, 0.3) is 0 Å². The summed E-state index contributed by atoms with van der Waals surface area (Å²) < 4.78 is 6.05. The highest BCUT2D eigenvalue weighted by molar-refractivity contribution is 9.10. The summed E-state index contributed by atoms with van der Waals surface area (Å²) in [5.41, 5.74) is 0.654. The molecule has 1 aromatic rings. The summed E-state index contributed by atoms with van der Waals surface area (Å²) in [5, 5.41) is 0. The molecule has 2 nitrogen and oxygen atoms in total. The maximum Gasteiger partial charge on any atom is 0.167 e. The lowest BCUT2D eigenvalue weighted by atomic mass is 10.1. The van der Waals surface area contributed by atoms with E-state index >= 15 is 0 Å². The van der Waals surface area contributed by atoms with Gasteiger partial charge in [0, 0.05) is 16.6 Å². The molecular weight excluding hydrogens is 276 g/mol. The Hall–Kier alpha value is -0.480. The van der Waals surface area contributed by atoms with Crippen molar-refractivity contribution in [3.8, 4) is 5.75 Å². The van der Waals surface area contributed by atoms with Gasteiger partial charge in [0.2, 0.25) is 0 Å². The number of ether oxygens (including phenoxy) is 1. The highest BCUT2D eigenvalue weighted by Crippen LogP contribution is 2.24. The molecule has 0 atom stereocenters. The van der Waals surface area contributed by atoms with Gasteiger partial charge in [-0.25, -0.2) is 0 Å². The van der Waals surface area contributed by atoms with Gasteiger partial charge in [0.1, 0.15) is 5.75 Å². The third-order valence-corrected chi connectivity index (χ3v) is 3.10. The minimum absolute atomic E-state index is 0.127. The van der Waals surface area contributed by atoms with E-state index in [9.17, 15) is 4.79 Å². The maximum atomic E-state index is 11.8. The van der Waals surface area contributed by atoms with E-state index in [-0.39, 0.29) is 5.78 Å². The molecule has 0 aliphatic heterocycles. The van der Waals surface area contributed by atoms with Gasteiger partial charge in [-0.3, -0.25) is 4.79 Å². The van der Waals surface area contributed by atoms with Crippen LogP contribution in [0.4, 0.5) is 0 Å². The number of ketones is 1. The van der Waals surface area contributed by atoms with Crippen molar-refractivity contribution in [1.82, 2.24) is 0 Å². The number of hydrogen-bond acceptors (Lipinski definition) is 3. The highest BCUT2D eigenvalue weighted by Gasteiger charge is 2.11. The van der Waals surface area contributed by atoms with E-state index in [1.165, 1.54) is 0 Å². The molecule has 0 amide bonds. The van der Waals surface area contributed by atoms with Crippen LogP contribution in [-0.4, -0.2) is 24.9 Å². The van der Waals surface area contributed by atoms with E-state index in [2.05, 4.69) is 15.9 Å². The van der Waals surface area contributed by atoms with E-state index in [0.29, 0.717) is 17.7 Å². The molecule has 0 fully saturated rings. The van der Waals surface area contributed by atoms with E-state index in [1.807, 2.05) is 18.4 Å². The van der Waals surface area contributed by atoms with Crippen LogP contribution in [0.2, 0.25) is 0 Å². The molecule has 0 unspecified atom stereocenters. The molecular formula is C11H13BrO2S. The molecule has 1 aromatic carbocycles. The van der Waals surface area contributed by atoms with Crippen molar-refractivity contribution < 1.29 is 9.53 Å². The van der Waals surface area contributed by atoms with Crippen LogP contribution in [0.5, 0.6) is 5.75 Å². The smallest absolute Gasteiger partial charge is 0.167 e. The van der Waals surface area contributed by atoms with Crippen LogP contribution in [0.15, 0.2) is 22.7 Å². The number of methoxy groups -OCH3 is 1. The Morgan fingerprint density at radius 2 is 2.27 bits per heavy atom. The van der Waals surface area contributed by atoms with Crippen molar-refractivity contribution in [1.29, 1.82) is 0 Å². The second kappa shape index (κ2) is 6.18. The van der Waals surface area contributed by atoms with Gasteiger partial charge < -0.3 is 4.74 Å². The van der Waals surface area contributed by atoms with Gasteiger partial charge in [0.15, 0.2) is 5.78 Å². The summed E-state index contributed by atoms with van der Waals surface area (Å²) in [7, 11) is 1.58. The van der Waals surface area contributed by atoms with E-state index in [1.54, 1.807) is 24.9 Å². The number of rotatable bonds is 5. The fourth-order valence-corrected chi connectivity index (χ4v) is 1.98. The average molecular weight is 289 g/mol. The Labute approximate surface area is 103 Å². The first-order valence-corrected chi connectivity index (χ1v) is 6.73. The normalized spacial score (nSPS) is 10.1. The van der Waals surface area contributed by atoms with Gasteiger partial charge in [-0.1, -0.05) is 15.9 Å². The molecule has 0 bridgehead atoms. The lowest BCUT2D eigenvalue weighted by Crippen LogP contribution is -2.03. The Morgan fingerprint density at radius 1 is 1.53 bits per heavy atom. The minimum atomic E-state index is 0.127. The first kappa shape index (κ1) is 12.6. The zero-order valence-corrected chi connectivity index (χ0v) is 11.2. The largest absolute Gasteiger partial charge is 0.496 e. The summed E-state index contributed by atoms with van der Waals surface area (Å²) in [6, 6.07) is 5.47. The van der Waals surface area contributed by atoms with E-state index in [0.717, 1.165) is 10.2 Å². The molecule has 4 heteroatoms. The van der Waals surface area contributed by atoms with Crippen LogP contribution in [-0.2, 0) is 0 Å². The number of thioether (sulfide) groups is 1. The first-order chi connectivity index (χ1) is 7.19. The van der Waals surface area contributed by atoms with Crippen LogP contribution in [0.3, 0.4) is 0 Å². The van der Waals surface area contributed by atoms with E-state index < -0.39 is 0 Å². The van der Waals surface area contributed by atoms with Crippen LogP contribution < -0.4 is 4.74 Å². The lowest BCUT2D eigenvalue weighted by Gasteiger charge is -2.07. The van der Waals surface area contributed by atoms with Gasteiger partial charge in [-0.15, -0.1) is 0 Å². The second-order valence-electron chi connectivity index (χ2n) is 3.01. The number of halogens is 1. The standard InChI is InChI=1S/C11H13BrO2S/c1-14-11-4-3-8(12)7-9(11)10(13)5-6-15-2/h3-4,7H,5-6H2,1-2H3. The third-order valence-electron chi connectivity index (χ3n) is 2.00. The van der Waals surface area contributed by atoms with Crippen LogP contribution in [0.1, 0.15) is 16.8 Å². The molecule has 0 N–H and O–H groups in total. The van der Waals surface area contributed by atoms with Crippen molar-refractivity contribution in [2.45, 2.75) is 6.42 Å². The predicted molar refractivity (Wildman–Crippen MR) is 68.0 cm³/mol. The number of Topliss-reactive ketones (excluding diaryl/α,β-unsaturated/α-hetero) is 1. The van der Waals surface area contributed by atoms with Crippen molar-refractivity contribution in [3.63, 3.8) is 0 Å². The van der Waals surface area contributed by atoms with Crippen LogP contribution in [0.25, 0.3) is 0 Å². The zero-order valence-electron chi connectivity index (χ0n) is 8.75. The summed E-state index contributed by atoms with van der Waals surface area (Å²) >= 11 is 5.02. The fourth-order valence-electron chi connectivity index (χ4n) is 1.23. The fraction of sp³-hybridized carbons (Fsp3) is 0.364. The topological polar surface area (TPSA) is 26.3 Å². The molecule has 0 radical (unpaired) electrons. The Kier molecular flexibility index (Phi) is 5.19. The number of carbonyl (C=O) groups is 1. The third kappa shape index (κ3) is 3.54. The monoisotopic (exact) mass is 288 g/mol. The number of benzene rings is 1. The Balaban J connectivity index is 2.90. The van der Waals surface area contributed by atoms with Crippen molar-refractivity contribution in [2.75, 3.05) is 19.1 Å². The van der Waals surface area contributed by atoms with Gasteiger partial charge in [0.05, 0.1) is 12.7 Å². The first-order valence-electron chi connectivity index (χ1n) is 4.54. The second-order valence-corrected chi connectivity index (χ2v) is 4.91. The average Bonchev–Trinajstić information content (AvgIpc) is 2.25. The summed E-state index contributed by atoms with van der Waals surface area (Å²) in [6.07, 6.45) is 2.54. The summed E-state index contributed by atoms with van der Waals surface area (Å²) in [4.78, 5) is 11.8. The molecule has 0 saturated heterocycles. The maximum absolute atomic E-state index is 11.8. The molecule has 15 heavy (non-hydrogen) atoms. The van der Waals surface area contributed by atoms with Gasteiger partial charge in [-0.2, -0.15) is 11.8 Å². The van der Waals surface area contributed by atoms with Gasteiger partial charge >= 0.3 is 0 Å². The van der Waals surface area contributed by atoms with E-state index in [4.69, 9.17) is 4.74 Å². The molecule has 0 aromatic heterocycles. The SMILES string of the molecule is COc1ccc(Br)cc1C(=O)CCSC. The number of hydrogen-bond donors (Lipinski definition) is 0. The predicted octanol–water partition coefficient (Wildman–Crippen LogP) is 3.39. The van der Waals surface area contributed by atoms with Crippen LogP contribution in [0, 0.1) is 0 Å². The molecule has 0 aliphatic rings. The van der Waals surface area contributed by atoms with Crippen molar-refractivity contribution in [3.05, 3.63) is 28.2 Å². The Morgan fingerprint density at radius 3 is 2.87 bits per heavy atom. The quantitative estimate of drug-likeness (QED) is 0.777. The summed E-state index contributed by atoms with van der Waals surface area (Å²) in [5.74, 6) is 1.61. The number of carbonyl (C=O) groups excluding carboxylic acids is 1. The highest BCUT2D eigenvalue weighted by atomic mass is 79.9. The minimum Gasteiger partial charge on any atom is -0.496 e. The van der Waals surface area contributed by atoms with Crippen molar-refractivity contribution in [2.24, 2.45) is 0 Å². The molecule has 0 saturated carbocycles. The Bertz CT molecular complexity index is 352. The lowest BCUT2D eigenvalue weighted by molar-refractivity contribution is 0.0986. The zero-order chi connectivity index (χ0) is 11.3.